The third-order valence-corrected chi connectivity index (χ3v) is 4.57. The van der Waals surface area contributed by atoms with E-state index in [1.807, 2.05) is 0 Å². The first-order chi connectivity index (χ1) is 12.4. The molecule has 146 valence electrons. The van der Waals surface area contributed by atoms with E-state index < -0.39 is 62.3 Å². The third-order valence-electron chi connectivity index (χ3n) is 4.57. The smallest absolute Gasteiger partial charge is 0.157 e. The van der Waals surface area contributed by atoms with Gasteiger partial charge in [-0.05, 0) is 18.2 Å². The molecule has 2 fully saturated rings. The zero-order chi connectivity index (χ0) is 18.8. The molecule has 2 heterocycles. The van der Waals surface area contributed by atoms with Crippen LogP contribution in [0.2, 0.25) is 0 Å². The minimum Gasteiger partial charge on any atom is -0.394 e. The SMILES string of the molecule is OCC1OC(Nc2cccc(NC3OC(CO)C(O)C3O)c2)C(O)C1O. The fourth-order valence-corrected chi connectivity index (χ4v) is 3.06. The zero-order valence-corrected chi connectivity index (χ0v) is 13.8. The van der Waals surface area contributed by atoms with E-state index >= 15 is 0 Å². The number of hydrogen-bond acceptors (Lipinski definition) is 10. The molecule has 0 spiro atoms. The molecule has 10 nitrogen and oxygen atoms in total. The first-order valence-electron chi connectivity index (χ1n) is 8.32. The van der Waals surface area contributed by atoms with Gasteiger partial charge in [0.15, 0.2) is 12.5 Å². The molecule has 0 saturated carbocycles. The Balaban J connectivity index is 1.64. The number of benzene rings is 1. The van der Waals surface area contributed by atoms with Gasteiger partial charge >= 0.3 is 0 Å². The normalized spacial score (nSPS) is 39.9. The maximum Gasteiger partial charge on any atom is 0.157 e. The second-order valence-corrected chi connectivity index (χ2v) is 6.39. The number of ether oxygens (including phenoxy) is 2. The van der Waals surface area contributed by atoms with Crippen LogP contribution in [0.3, 0.4) is 0 Å². The monoisotopic (exact) mass is 372 g/mol. The van der Waals surface area contributed by atoms with Gasteiger partial charge in [0.25, 0.3) is 0 Å². The molecule has 3 rings (SSSR count). The molecule has 1 aromatic rings. The molecule has 0 aliphatic carbocycles. The summed E-state index contributed by atoms with van der Waals surface area (Å²) in [6.45, 7) is -0.827. The van der Waals surface area contributed by atoms with Crippen LogP contribution in [0.15, 0.2) is 24.3 Å². The Bertz CT molecular complexity index is 558. The molecule has 0 radical (unpaired) electrons. The number of nitrogens with one attached hydrogen (secondary N) is 2. The van der Waals surface area contributed by atoms with Crippen molar-refractivity contribution >= 4 is 11.4 Å². The standard InChI is InChI=1S/C16H24N2O8/c19-5-9-11(21)13(23)15(25-9)17-7-2-1-3-8(4-7)18-16-14(24)12(22)10(6-20)26-16/h1-4,9-24H,5-6H2. The van der Waals surface area contributed by atoms with Crippen LogP contribution in [0.4, 0.5) is 11.4 Å². The topological polar surface area (TPSA) is 164 Å². The van der Waals surface area contributed by atoms with Crippen molar-refractivity contribution in [1.82, 2.24) is 0 Å². The number of rotatable bonds is 6. The van der Waals surface area contributed by atoms with Crippen LogP contribution in [0, 0.1) is 0 Å². The number of anilines is 2. The Morgan fingerprint density at radius 3 is 1.50 bits per heavy atom. The molecule has 2 saturated heterocycles. The van der Waals surface area contributed by atoms with Crippen molar-refractivity contribution in [3.8, 4) is 0 Å². The van der Waals surface area contributed by atoms with Gasteiger partial charge in [-0.15, -0.1) is 0 Å². The summed E-state index contributed by atoms with van der Waals surface area (Å²) in [6.07, 6.45) is -8.34. The van der Waals surface area contributed by atoms with E-state index in [0.717, 1.165) is 0 Å². The average Bonchev–Trinajstić information content (AvgIpc) is 3.06. The second-order valence-electron chi connectivity index (χ2n) is 6.39. The van der Waals surface area contributed by atoms with E-state index in [4.69, 9.17) is 19.7 Å². The molecule has 0 amide bonds. The van der Waals surface area contributed by atoms with Crippen LogP contribution < -0.4 is 10.6 Å². The predicted molar refractivity (Wildman–Crippen MR) is 89.2 cm³/mol. The number of aliphatic hydroxyl groups excluding tert-OH is 6. The summed E-state index contributed by atoms with van der Waals surface area (Å²) >= 11 is 0. The molecule has 8 N–H and O–H groups in total. The minimum atomic E-state index is -1.20. The van der Waals surface area contributed by atoms with E-state index in [1.54, 1.807) is 24.3 Å². The molecule has 2 aliphatic heterocycles. The van der Waals surface area contributed by atoms with E-state index in [0.29, 0.717) is 11.4 Å². The highest BCUT2D eigenvalue weighted by atomic mass is 16.6. The predicted octanol–water partition coefficient (Wildman–Crippen LogP) is -2.61. The Kier molecular flexibility index (Phi) is 5.95. The van der Waals surface area contributed by atoms with E-state index in [1.165, 1.54) is 0 Å². The molecule has 26 heavy (non-hydrogen) atoms. The van der Waals surface area contributed by atoms with E-state index in [2.05, 4.69) is 10.6 Å². The number of aliphatic hydroxyl groups is 6. The summed E-state index contributed by atoms with van der Waals surface area (Å²) in [7, 11) is 0. The lowest BCUT2D eigenvalue weighted by molar-refractivity contribution is -0.0154. The molecule has 8 unspecified atom stereocenters. The summed E-state index contributed by atoms with van der Waals surface area (Å²) < 4.78 is 10.7. The minimum absolute atomic E-state index is 0.413. The molecule has 1 aromatic carbocycles. The maximum atomic E-state index is 9.97. The molecule has 8 atom stereocenters. The van der Waals surface area contributed by atoms with E-state index in [9.17, 15) is 20.4 Å². The van der Waals surface area contributed by atoms with Crippen molar-refractivity contribution in [2.24, 2.45) is 0 Å². The zero-order valence-electron chi connectivity index (χ0n) is 13.8. The van der Waals surface area contributed by atoms with Gasteiger partial charge in [-0.2, -0.15) is 0 Å². The van der Waals surface area contributed by atoms with Crippen LogP contribution in [-0.4, -0.2) is 92.9 Å². The summed E-state index contributed by atoms with van der Waals surface area (Å²) in [5, 5.41) is 63.6. The van der Waals surface area contributed by atoms with E-state index in [-0.39, 0.29) is 0 Å². The molecule has 0 aromatic heterocycles. The first-order valence-corrected chi connectivity index (χ1v) is 8.32. The highest BCUT2D eigenvalue weighted by molar-refractivity contribution is 5.57. The molecule has 0 bridgehead atoms. The Hall–Kier alpha value is -1.50. The Labute approximate surface area is 149 Å². The van der Waals surface area contributed by atoms with Gasteiger partial charge in [-0.3, -0.25) is 0 Å². The fraction of sp³-hybridized carbons (Fsp3) is 0.625. The van der Waals surface area contributed by atoms with Crippen LogP contribution in [0.1, 0.15) is 0 Å². The van der Waals surface area contributed by atoms with Crippen molar-refractivity contribution in [3.05, 3.63) is 24.3 Å². The van der Waals surface area contributed by atoms with Crippen molar-refractivity contribution in [2.45, 2.75) is 49.1 Å². The average molecular weight is 372 g/mol. The van der Waals surface area contributed by atoms with Crippen LogP contribution in [0.5, 0.6) is 0 Å². The molecule has 2 aliphatic rings. The lowest BCUT2D eigenvalue weighted by Crippen LogP contribution is -2.37. The van der Waals surface area contributed by atoms with Crippen molar-refractivity contribution in [1.29, 1.82) is 0 Å². The third kappa shape index (κ3) is 3.77. The summed E-state index contributed by atoms with van der Waals surface area (Å²) in [5.74, 6) is 0. The van der Waals surface area contributed by atoms with Gasteiger partial charge in [0.05, 0.1) is 13.2 Å². The highest BCUT2D eigenvalue weighted by Gasteiger charge is 2.43. The van der Waals surface area contributed by atoms with Gasteiger partial charge in [-0.1, -0.05) is 6.07 Å². The maximum absolute atomic E-state index is 9.97. The van der Waals surface area contributed by atoms with Gasteiger partial charge in [0.2, 0.25) is 0 Å². The van der Waals surface area contributed by atoms with Gasteiger partial charge < -0.3 is 50.7 Å². The lowest BCUT2D eigenvalue weighted by Gasteiger charge is -2.20. The van der Waals surface area contributed by atoms with Gasteiger partial charge in [0, 0.05) is 11.4 Å². The number of hydrogen-bond donors (Lipinski definition) is 8. The van der Waals surface area contributed by atoms with Gasteiger partial charge in [-0.25, -0.2) is 0 Å². The molecule has 10 heteroatoms. The highest BCUT2D eigenvalue weighted by Crippen LogP contribution is 2.26. The van der Waals surface area contributed by atoms with Crippen molar-refractivity contribution in [2.75, 3.05) is 23.8 Å². The molecular formula is C16H24N2O8. The second kappa shape index (κ2) is 8.03. The van der Waals surface area contributed by atoms with Gasteiger partial charge in [0.1, 0.15) is 36.6 Å². The summed E-state index contributed by atoms with van der Waals surface area (Å²) in [6, 6.07) is 6.77. The van der Waals surface area contributed by atoms with Crippen LogP contribution in [-0.2, 0) is 9.47 Å². The Morgan fingerprint density at radius 2 is 1.15 bits per heavy atom. The van der Waals surface area contributed by atoms with Crippen LogP contribution >= 0.6 is 0 Å². The van der Waals surface area contributed by atoms with Crippen molar-refractivity contribution < 1.29 is 40.1 Å². The first kappa shape index (κ1) is 19.3. The molecular weight excluding hydrogens is 348 g/mol. The fourth-order valence-electron chi connectivity index (χ4n) is 3.06. The lowest BCUT2D eigenvalue weighted by atomic mass is 10.1. The quantitative estimate of drug-likeness (QED) is 0.265. The summed E-state index contributed by atoms with van der Waals surface area (Å²) in [4.78, 5) is 0. The van der Waals surface area contributed by atoms with Crippen LogP contribution in [0.25, 0.3) is 0 Å². The van der Waals surface area contributed by atoms with Crippen molar-refractivity contribution in [3.63, 3.8) is 0 Å². The summed E-state index contributed by atoms with van der Waals surface area (Å²) in [5.41, 5.74) is 1.10. The Morgan fingerprint density at radius 1 is 0.731 bits per heavy atom. The largest absolute Gasteiger partial charge is 0.394 e.